The standard InChI is InChI=1S/C23H27F3N6/c1-13(16-6-5-7-17(20(16)24)22(25)26)28-23-18-12-19(32-10-8-31(4)9-11-32)27-14(2)21(18)29-15(3)30-23/h5-7,12-13,22H,8-11H2,1-4H3,(H,28,29,30). The Kier molecular flexibility index (Phi) is 6.19. The largest absolute Gasteiger partial charge is 0.363 e. The molecule has 32 heavy (non-hydrogen) atoms. The van der Waals surface area contributed by atoms with Crippen molar-refractivity contribution in [3.05, 3.63) is 52.7 Å². The second kappa shape index (κ2) is 8.90. The van der Waals surface area contributed by atoms with E-state index in [4.69, 9.17) is 4.98 Å². The Morgan fingerprint density at radius 1 is 1.00 bits per heavy atom. The van der Waals surface area contributed by atoms with Gasteiger partial charge in [-0.25, -0.2) is 28.1 Å². The van der Waals surface area contributed by atoms with Crippen LogP contribution in [0.5, 0.6) is 0 Å². The third-order valence-electron chi connectivity index (χ3n) is 5.90. The number of aryl methyl sites for hydroxylation is 2. The number of likely N-dealkylation sites (N-methyl/N-ethyl adjacent to an activating group) is 1. The average molecular weight is 445 g/mol. The van der Waals surface area contributed by atoms with Crippen LogP contribution < -0.4 is 10.2 Å². The van der Waals surface area contributed by atoms with E-state index in [9.17, 15) is 13.2 Å². The Bertz CT molecular complexity index is 1130. The van der Waals surface area contributed by atoms with Crippen molar-refractivity contribution < 1.29 is 13.2 Å². The van der Waals surface area contributed by atoms with Crippen LogP contribution in [0.25, 0.3) is 10.9 Å². The molecule has 0 spiro atoms. The number of anilines is 2. The fraction of sp³-hybridized carbons (Fsp3) is 0.435. The van der Waals surface area contributed by atoms with E-state index in [2.05, 4.69) is 32.1 Å². The van der Waals surface area contributed by atoms with Gasteiger partial charge < -0.3 is 15.1 Å². The second-order valence-electron chi connectivity index (χ2n) is 8.29. The van der Waals surface area contributed by atoms with E-state index in [0.717, 1.165) is 49.1 Å². The molecule has 3 heterocycles. The third kappa shape index (κ3) is 4.34. The summed E-state index contributed by atoms with van der Waals surface area (Å²) in [4.78, 5) is 18.4. The quantitative estimate of drug-likeness (QED) is 0.619. The van der Waals surface area contributed by atoms with Crippen molar-refractivity contribution in [2.75, 3.05) is 43.4 Å². The van der Waals surface area contributed by atoms with Crippen molar-refractivity contribution in [3.63, 3.8) is 0 Å². The zero-order chi connectivity index (χ0) is 23.0. The molecule has 170 valence electrons. The molecule has 0 saturated carbocycles. The Morgan fingerprint density at radius 2 is 1.69 bits per heavy atom. The summed E-state index contributed by atoms with van der Waals surface area (Å²) in [5.41, 5.74) is 1.06. The number of benzene rings is 1. The Balaban J connectivity index is 1.73. The predicted octanol–water partition coefficient (Wildman–Crippen LogP) is 4.64. The molecule has 0 radical (unpaired) electrons. The molecule has 1 aliphatic rings. The summed E-state index contributed by atoms with van der Waals surface area (Å²) in [5.74, 6) is 1.03. The van der Waals surface area contributed by atoms with Gasteiger partial charge in [0.1, 0.15) is 23.3 Å². The van der Waals surface area contributed by atoms with Crippen LogP contribution >= 0.6 is 0 Å². The van der Waals surface area contributed by atoms with Gasteiger partial charge in [0, 0.05) is 37.1 Å². The lowest BCUT2D eigenvalue weighted by molar-refractivity contribution is 0.146. The number of pyridine rings is 1. The first-order valence-corrected chi connectivity index (χ1v) is 10.7. The van der Waals surface area contributed by atoms with Gasteiger partial charge in [-0.3, -0.25) is 0 Å². The molecule has 1 aromatic carbocycles. The molecule has 1 unspecified atom stereocenters. The number of aromatic nitrogens is 3. The highest BCUT2D eigenvalue weighted by Gasteiger charge is 2.22. The molecule has 0 aliphatic carbocycles. The summed E-state index contributed by atoms with van der Waals surface area (Å²) in [6.07, 6.45) is -2.87. The highest BCUT2D eigenvalue weighted by atomic mass is 19.3. The van der Waals surface area contributed by atoms with E-state index < -0.39 is 23.8 Å². The molecule has 0 amide bonds. The lowest BCUT2D eigenvalue weighted by atomic mass is 10.0. The monoisotopic (exact) mass is 444 g/mol. The fourth-order valence-electron chi connectivity index (χ4n) is 4.04. The molecule has 0 bridgehead atoms. The lowest BCUT2D eigenvalue weighted by Crippen LogP contribution is -2.44. The zero-order valence-electron chi connectivity index (χ0n) is 18.7. The maximum Gasteiger partial charge on any atom is 0.266 e. The van der Waals surface area contributed by atoms with E-state index >= 15 is 0 Å². The fourth-order valence-corrected chi connectivity index (χ4v) is 4.04. The summed E-state index contributed by atoms with van der Waals surface area (Å²) >= 11 is 0. The molecule has 1 aliphatic heterocycles. The maximum atomic E-state index is 14.7. The highest BCUT2D eigenvalue weighted by Crippen LogP contribution is 2.32. The van der Waals surface area contributed by atoms with Gasteiger partial charge >= 0.3 is 0 Å². The van der Waals surface area contributed by atoms with Gasteiger partial charge in [-0.2, -0.15) is 0 Å². The summed E-state index contributed by atoms with van der Waals surface area (Å²) in [5, 5.41) is 4.00. The lowest BCUT2D eigenvalue weighted by Gasteiger charge is -2.33. The van der Waals surface area contributed by atoms with Gasteiger partial charge in [-0.1, -0.05) is 18.2 Å². The van der Waals surface area contributed by atoms with Crippen LogP contribution in [0.4, 0.5) is 24.8 Å². The van der Waals surface area contributed by atoms with Gasteiger partial charge in [0.2, 0.25) is 0 Å². The van der Waals surface area contributed by atoms with E-state index in [0.29, 0.717) is 17.2 Å². The number of hydrogen-bond donors (Lipinski definition) is 1. The molecule has 1 atom stereocenters. The average Bonchev–Trinajstić information content (AvgIpc) is 2.74. The van der Waals surface area contributed by atoms with Crippen LogP contribution in [-0.2, 0) is 0 Å². The minimum atomic E-state index is -2.87. The van der Waals surface area contributed by atoms with Crippen LogP contribution in [0.15, 0.2) is 24.3 Å². The van der Waals surface area contributed by atoms with Crippen molar-refractivity contribution in [2.45, 2.75) is 33.2 Å². The Hall–Kier alpha value is -2.94. The normalized spacial score (nSPS) is 16.1. The number of nitrogens with one attached hydrogen (secondary N) is 1. The van der Waals surface area contributed by atoms with Crippen molar-refractivity contribution in [1.82, 2.24) is 19.9 Å². The van der Waals surface area contributed by atoms with Crippen LogP contribution in [0.1, 0.15) is 42.0 Å². The van der Waals surface area contributed by atoms with Gasteiger partial charge in [0.15, 0.2) is 0 Å². The number of alkyl halides is 2. The number of piperazine rings is 1. The number of fused-ring (bicyclic) bond motifs is 1. The number of halogens is 3. The smallest absolute Gasteiger partial charge is 0.266 e. The summed E-state index contributed by atoms with van der Waals surface area (Å²) in [6.45, 7) is 9.05. The molecule has 9 heteroatoms. The van der Waals surface area contributed by atoms with E-state index in [1.807, 2.05) is 13.0 Å². The Labute approximate surface area is 185 Å². The maximum absolute atomic E-state index is 14.7. The summed E-state index contributed by atoms with van der Waals surface area (Å²) < 4.78 is 41.0. The Morgan fingerprint density at radius 3 is 2.38 bits per heavy atom. The SMILES string of the molecule is Cc1nc(NC(C)c2cccc(C(F)F)c2F)c2cc(N3CCN(C)CC3)nc(C)c2n1. The zero-order valence-corrected chi connectivity index (χ0v) is 18.7. The van der Waals surface area contributed by atoms with Crippen molar-refractivity contribution >= 4 is 22.5 Å². The molecule has 3 aromatic rings. The third-order valence-corrected chi connectivity index (χ3v) is 5.90. The predicted molar refractivity (Wildman–Crippen MR) is 120 cm³/mol. The number of nitrogens with zero attached hydrogens (tertiary/aromatic N) is 5. The minimum Gasteiger partial charge on any atom is -0.363 e. The highest BCUT2D eigenvalue weighted by molar-refractivity contribution is 5.92. The molecule has 6 nitrogen and oxygen atoms in total. The van der Waals surface area contributed by atoms with Gasteiger partial charge in [0.25, 0.3) is 6.43 Å². The van der Waals surface area contributed by atoms with Crippen LogP contribution in [0.3, 0.4) is 0 Å². The van der Waals surface area contributed by atoms with Crippen LogP contribution in [0.2, 0.25) is 0 Å². The number of hydrogen-bond acceptors (Lipinski definition) is 6. The van der Waals surface area contributed by atoms with Crippen molar-refractivity contribution in [3.8, 4) is 0 Å². The van der Waals surface area contributed by atoms with E-state index in [1.165, 1.54) is 12.1 Å². The topological polar surface area (TPSA) is 57.2 Å². The first kappa shape index (κ1) is 22.3. The molecular weight excluding hydrogens is 417 g/mol. The minimum absolute atomic E-state index is 0.164. The van der Waals surface area contributed by atoms with Crippen molar-refractivity contribution in [1.29, 1.82) is 0 Å². The molecule has 1 N–H and O–H groups in total. The van der Waals surface area contributed by atoms with Crippen molar-refractivity contribution in [2.24, 2.45) is 0 Å². The molecule has 4 rings (SSSR count). The first-order valence-electron chi connectivity index (χ1n) is 10.7. The molecule has 2 aromatic heterocycles. The second-order valence-corrected chi connectivity index (χ2v) is 8.29. The molecular formula is C23H27F3N6. The van der Waals surface area contributed by atoms with Gasteiger partial charge in [-0.05, 0) is 33.9 Å². The van der Waals surface area contributed by atoms with Gasteiger partial charge in [0.05, 0.1) is 22.8 Å². The van der Waals surface area contributed by atoms with Crippen LogP contribution in [-0.4, -0.2) is 53.1 Å². The number of rotatable bonds is 5. The molecule has 1 fully saturated rings. The van der Waals surface area contributed by atoms with Crippen LogP contribution in [0, 0.1) is 19.7 Å². The summed E-state index contributed by atoms with van der Waals surface area (Å²) in [6, 6.07) is 5.44. The van der Waals surface area contributed by atoms with E-state index in [-0.39, 0.29) is 5.56 Å². The van der Waals surface area contributed by atoms with Gasteiger partial charge in [-0.15, -0.1) is 0 Å². The first-order chi connectivity index (χ1) is 15.2. The summed E-state index contributed by atoms with van der Waals surface area (Å²) in [7, 11) is 2.10. The van der Waals surface area contributed by atoms with E-state index in [1.54, 1.807) is 13.8 Å². The molecule has 1 saturated heterocycles.